The molecule has 0 aromatic heterocycles. The van der Waals surface area contributed by atoms with E-state index in [-0.39, 0.29) is 30.3 Å². The number of benzene rings is 1. The summed E-state index contributed by atoms with van der Waals surface area (Å²) in [5, 5.41) is 8.99. The summed E-state index contributed by atoms with van der Waals surface area (Å²) in [6.45, 7) is 0.821. The molecule has 1 fully saturated rings. The van der Waals surface area contributed by atoms with E-state index < -0.39 is 21.9 Å². The lowest BCUT2D eigenvalue weighted by molar-refractivity contribution is -0.141. The summed E-state index contributed by atoms with van der Waals surface area (Å²) in [4.78, 5) is 24.3. The smallest absolute Gasteiger partial charge is 0.308 e. The highest BCUT2D eigenvalue weighted by molar-refractivity contribution is 7.89. The monoisotopic (exact) mass is 356 g/mol. The maximum absolute atomic E-state index is 12.1. The molecule has 1 aromatic rings. The Bertz CT molecular complexity index is 701. The van der Waals surface area contributed by atoms with Crippen LogP contribution in [0.25, 0.3) is 0 Å². The summed E-state index contributed by atoms with van der Waals surface area (Å²) in [7, 11) is -2.08. The fourth-order valence-corrected chi connectivity index (χ4v) is 3.51. The number of anilines is 1. The van der Waals surface area contributed by atoms with E-state index in [2.05, 4.69) is 4.72 Å². The summed E-state index contributed by atoms with van der Waals surface area (Å²) < 4.78 is 31.6. The van der Waals surface area contributed by atoms with E-state index in [1.165, 1.54) is 29.2 Å². The zero-order chi connectivity index (χ0) is 17.7. The van der Waals surface area contributed by atoms with Gasteiger partial charge in [0.15, 0.2) is 0 Å². The van der Waals surface area contributed by atoms with Crippen LogP contribution < -0.4 is 9.62 Å². The number of carboxylic acid groups (broad SMARTS) is 1. The number of aliphatic carboxylic acids is 1. The predicted octanol–water partition coefficient (Wildman–Crippen LogP) is 0.439. The maximum Gasteiger partial charge on any atom is 0.308 e. The number of carbonyl (C=O) groups excluding carboxylic acids is 1. The fourth-order valence-electron chi connectivity index (χ4n) is 2.43. The van der Waals surface area contributed by atoms with E-state index in [9.17, 15) is 18.0 Å². The quantitative estimate of drug-likeness (QED) is 0.654. The third-order valence-corrected chi connectivity index (χ3v) is 5.23. The number of hydrogen-bond acceptors (Lipinski definition) is 5. The van der Waals surface area contributed by atoms with Crippen LogP contribution in [-0.4, -0.2) is 52.2 Å². The van der Waals surface area contributed by atoms with E-state index in [0.29, 0.717) is 18.7 Å². The molecule has 8 nitrogen and oxygen atoms in total. The summed E-state index contributed by atoms with van der Waals surface area (Å²) in [5.74, 6) is -2.02. The molecule has 1 aliphatic rings. The minimum absolute atomic E-state index is 0.0452. The second-order valence-electron chi connectivity index (χ2n) is 5.48. The van der Waals surface area contributed by atoms with Crippen molar-refractivity contribution in [1.82, 2.24) is 4.72 Å². The third-order valence-electron chi connectivity index (χ3n) is 3.75. The van der Waals surface area contributed by atoms with Crippen LogP contribution in [-0.2, 0) is 24.3 Å². The predicted molar refractivity (Wildman–Crippen MR) is 86.2 cm³/mol. The SMILES string of the molecule is COCCCNS(=O)(=O)c1ccc(N2CC(C(=O)O)CC2=O)cc1. The van der Waals surface area contributed by atoms with Crippen LogP contribution in [0, 0.1) is 5.92 Å². The summed E-state index contributed by atoms with van der Waals surface area (Å²) in [5.41, 5.74) is 0.488. The van der Waals surface area contributed by atoms with Gasteiger partial charge in [-0.1, -0.05) is 0 Å². The van der Waals surface area contributed by atoms with Gasteiger partial charge >= 0.3 is 5.97 Å². The second-order valence-corrected chi connectivity index (χ2v) is 7.25. The number of sulfonamides is 1. The molecule has 1 saturated heterocycles. The van der Waals surface area contributed by atoms with Crippen molar-refractivity contribution >= 4 is 27.6 Å². The highest BCUT2D eigenvalue weighted by atomic mass is 32.2. The molecule has 0 spiro atoms. The Morgan fingerprint density at radius 2 is 2.04 bits per heavy atom. The summed E-state index contributed by atoms with van der Waals surface area (Å²) >= 11 is 0. The molecule has 0 aliphatic carbocycles. The number of carbonyl (C=O) groups is 2. The molecule has 1 aromatic carbocycles. The highest BCUT2D eigenvalue weighted by Gasteiger charge is 2.35. The van der Waals surface area contributed by atoms with Gasteiger partial charge in [-0.15, -0.1) is 0 Å². The minimum Gasteiger partial charge on any atom is -0.481 e. The second kappa shape index (κ2) is 7.73. The Kier molecular flexibility index (Phi) is 5.92. The van der Waals surface area contributed by atoms with Gasteiger partial charge in [-0.25, -0.2) is 13.1 Å². The van der Waals surface area contributed by atoms with E-state index in [0.717, 1.165) is 0 Å². The number of nitrogens with one attached hydrogen (secondary N) is 1. The lowest BCUT2D eigenvalue weighted by Gasteiger charge is -2.16. The number of nitrogens with zero attached hydrogens (tertiary/aromatic N) is 1. The van der Waals surface area contributed by atoms with Crippen molar-refractivity contribution in [2.24, 2.45) is 5.92 Å². The first kappa shape index (κ1) is 18.4. The van der Waals surface area contributed by atoms with Crippen molar-refractivity contribution < 1.29 is 27.9 Å². The van der Waals surface area contributed by atoms with Crippen LogP contribution in [0.1, 0.15) is 12.8 Å². The molecular weight excluding hydrogens is 336 g/mol. The first-order valence-corrected chi connectivity index (χ1v) is 8.95. The number of amides is 1. The fraction of sp³-hybridized carbons (Fsp3) is 0.467. The van der Waals surface area contributed by atoms with Crippen LogP contribution in [0.4, 0.5) is 5.69 Å². The molecule has 1 aliphatic heterocycles. The molecule has 0 saturated carbocycles. The van der Waals surface area contributed by atoms with E-state index in [4.69, 9.17) is 9.84 Å². The molecule has 1 amide bonds. The number of carboxylic acids is 1. The van der Waals surface area contributed by atoms with Crippen LogP contribution in [0.15, 0.2) is 29.2 Å². The Morgan fingerprint density at radius 1 is 1.38 bits per heavy atom. The van der Waals surface area contributed by atoms with Crippen molar-refractivity contribution in [2.75, 3.05) is 31.7 Å². The number of rotatable bonds is 8. The number of ether oxygens (including phenoxy) is 1. The van der Waals surface area contributed by atoms with Gasteiger partial charge in [0.2, 0.25) is 15.9 Å². The number of methoxy groups -OCH3 is 1. The topological polar surface area (TPSA) is 113 Å². The van der Waals surface area contributed by atoms with Gasteiger partial charge < -0.3 is 14.7 Å². The summed E-state index contributed by atoms with van der Waals surface area (Å²) in [6.07, 6.45) is 0.517. The normalized spacial score (nSPS) is 18.1. The Balaban J connectivity index is 2.05. The molecule has 1 unspecified atom stereocenters. The van der Waals surface area contributed by atoms with Crippen molar-refractivity contribution in [3.05, 3.63) is 24.3 Å². The highest BCUT2D eigenvalue weighted by Crippen LogP contribution is 2.26. The van der Waals surface area contributed by atoms with Gasteiger partial charge in [0.1, 0.15) is 0 Å². The van der Waals surface area contributed by atoms with E-state index in [1.54, 1.807) is 7.11 Å². The van der Waals surface area contributed by atoms with Crippen molar-refractivity contribution in [3.8, 4) is 0 Å². The van der Waals surface area contributed by atoms with Crippen molar-refractivity contribution in [3.63, 3.8) is 0 Å². The first-order valence-electron chi connectivity index (χ1n) is 7.47. The minimum atomic E-state index is -3.62. The Morgan fingerprint density at radius 3 is 2.58 bits per heavy atom. The van der Waals surface area contributed by atoms with E-state index >= 15 is 0 Å². The van der Waals surface area contributed by atoms with Crippen LogP contribution >= 0.6 is 0 Å². The van der Waals surface area contributed by atoms with Gasteiger partial charge in [0.05, 0.1) is 10.8 Å². The van der Waals surface area contributed by atoms with Crippen LogP contribution in [0.2, 0.25) is 0 Å². The molecule has 0 radical (unpaired) electrons. The summed E-state index contributed by atoms with van der Waals surface area (Å²) in [6, 6.07) is 5.81. The molecule has 2 N–H and O–H groups in total. The molecule has 0 bridgehead atoms. The van der Waals surface area contributed by atoms with Gasteiger partial charge in [-0.05, 0) is 30.7 Å². The van der Waals surface area contributed by atoms with E-state index in [1.807, 2.05) is 0 Å². The van der Waals surface area contributed by atoms with Gasteiger partial charge in [-0.3, -0.25) is 9.59 Å². The zero-order valence-corrected chi connectivity index (χ0v) is 14.1. The molecule has 2 rings (SSSR count). The lowest BCUT2D eigenvalue weighted by Crippen LogP contribution is -2.27. The largest absolute Gasteiger partial charge is 0.481 e. The molecule has 24 heavy (non-hydrogen) atoms. The average molecular weight is 356 g/mol. The Labute approximate surface area is 140 Å². The van der Waals surface area contributed by atoms with Crippen molar-refractivity contribution in [1.29, 1.82) is 0 Å². The first-order chi connectivity index (χ1) is 11.3. The molecular formula is C15H20N2O6S. The number of hydrogen-bond donors (Lipinski definition) is 2. The molecule has 132 valence electrons. The van der Waals surface area contributed by atoms with Crippen molar-refractivity contribution in [2.45, 2.75) is 17.7 Å². The zero-order valence-electron chi connectivity index (χ0n) is 13.3. The molecule has 1 atom stereocenters. The van der Waals surface area contributed by atoms with Crippen LogP contribution in [0.3, 0.4) is 0 Å². The maximum atomic E-state index is 12.1. The molecule has 9 heteroatoms. The standard InChI is InChI=1S/C15H20N2O6S/c1-23-8-2-7-16-24(21,22)13-5-3-12(4-6-13)17-10-11(15(19)20)9-14(17)18/h3-6,11,16H,2,7-10H2,1H3,(H,19,20). The van der Waals surface area contributed by atoms with Gasteiger partial charge in [-0.2, -0.15) is 0 Å². The third kappa shape index (κ3) is 4.31. The average Bonchev–Trinajstić information content (AvgIpc) is 2.94. The van der Waals surface area contributed by atoms with Crippen LogP contribution in [0.5, 0.6) is 0 Å². The van der Waals surface area contributed by atoms with Gasteiger partial charge in [0, 0.05) is 38.9 Å². The van der Waals surface area contributed by atoms with Gasteiger partial charge in [0.25, 0.3) is 0 Å². The Hall–Kier alpha value is -1.97. The lowest BCUT2D eigenvalue weighted by atomic mass is 10.1. The molecule has 1 heterocycles.